The van der Waals surface area contributed by atoms with Crippen molar-refractivity contribution in [2.24, 2.45) is 0 Å². The van der Waals surface area contributed by atoms with E-state index >= 15 is 0 Å². The smallest absolute Gasteiger partial charge is 0.251 e. The molecule has 0 spiro atoms. The van der Waals surface area contributed by atoms with Gasteiger partial charge in [0.1, 0.15) is 0 Å². The van der Waals surface area contributed by atoms with Crippen molar-refractivity contribution in [3.8, 4) is 0 Å². The Kier molecular flexibility index (Phi) is 6.12. The number of nitrogens with one attached hydrogen (secondary N) is 1. The highest BCUT2D eigenvalue weighted by molar-refractivity contribution is 6.02. The van der Waals surface area contributed by atoms with Crippen LogP contribution >= 0.6 is 0 Å². The van der Waals surface area contributed by atoms with Gasteiger partial charge in [0.05, 0.1) is 12.5 Å². The minimum absolute atomic E-state index is 0.0135. The molecule has 4 heteroatoms. The molecule has 26 heavy (non-hydrogen) atoms. The predicted molar refractivity (Wildman–Crippen MR) is 103 cm³/mol. The Labute approximate surface area is 156 Å². The van der Waals surface area contributed by atoms with Gasteiger partial charge in [-0.2, -0.15) is 0 Å². The summed E-state index contributed by atoms with van der Waals surface area (Å²) in [7, 11) is 0. The lowest BCUT2D eigenvalue weighted by atomic mass is 9.88. The Balaban J connectivity index is 1.75. The first-order valence-electron chi connectivity index (χ1n) is 10.00. The Morgan fingerprint density at radius 1 is 1.19 bits per heavy atom. The number of carbonyl (C=O) groups is 2. The van der Waals surface area contributed by atoms with Crippen LogP contribution in [-0.2, 0) is 16.1 Å². The van der Waals surface area contributed by atoms with Crippen molar-refractivity contribution in [1.82, 2.24) is 10.2 Å². The molecule has 1 unspecified atom stereocenters. The fourth-order valence-corrected chi connectivity index (χ4v) is 4.23. The maximum Gasteiger partial charge on any atom is 0.251 e. The van der Waals surface area contributed by atoms with Crippen LogP contribution < -0.4 is 5.32 Å². The Hall–Kier alpha value is -2.10. The maximum atomic E-state index is 13.1. The van der Waals surface area contributed by atoms with Gasteiger partial charge in [0.15, 0.2) is 0 Å². The normalized spacial score (nSPS) is 19.9. The number of hydrogen-bond acceptors (Lipinski definition) is 2. The van der Waals surface area contributed by atoms with Crippen molar-refractivity contribution >= 4 is 11.8 Å². The molecule has 3 rings (SSSR count). The second-order valence-electron chi connectivity index (χ2n) is 7.44. The molecule has 1 heterocycles. The lowest BCUT2D eigenvalue weighted by molar-refractivity contribution is -0.129. The number of rotatable bonds is 7. The number of carbonyl (C=O) groups excluding carboxylic acids is 2. The van der Waals surface area contributed by atoms with Gasteiger partial charge >= 0.3 is 0 Å². The molecule has 1 saturated carbocycles. The van der Waals surface area contributed by atoms with E-state index in [-0.39, 0.29) is 30.3 Å². The van der Waals surface area contributed by atoms with E-state index in [1.54, 1.807) is 0 Å². The highest BCUT2D eigenvalue weighted by Gasteiger charge is 2.40. The summed E-state index contributed by atoms with van der Waals surface area (Å²) < 4.78 is 0. The molecule has 1 aromatic rings. The molecule has 0 radical (unpaired) electrons. The number of hydrogen-bond donors (Lipinski definition) is 1. The summed E-state index contributed by atoms with van der Waals surface area (Å²) >= 11 is 0. The molecular formula is C22H30N2O2. The highest BCUT2D eigenvalue weighted by Crippen LogP contribution is 2.38. The van der Waals surface area contributed by atoms with Crippen molar-refractivity contribution < 1.29 is 9.59 Å². The van der Waals surface area contributed by atoms with Crippen LogP contribution in [0.3, 0.4) is 0 Å². The van der Waals surface area contributed by atoms with Crippen molar-refractivity contribution in [2.45, 2.75) is 77.4 Å². The standard InChI is InChI=1S/C22H30N2O2/c1-3-17(4-2)23-21(25)14-19-18-12-8-9-13-20(18)24(22(19)26)15-16-10-6-5-7-11-16/h5-7,10-11,17,20H,3-4,8-9,12-15H2,1-2H3,(H,23,25). The maximum absolute atomic E-state index is 13.1. The van der Waals surface area contributed by atoms with E-state index in [1.807, 2.05) is 23.1 Å². The molecule has 4 nitrogen and oxygen atoms in total. The van der Waals surface area contributed by atoms with Gasteiger partial charge in [0.25, 0.3) is 5.91 Å². The van der Waals surface area contributed by atoms with E-state index < -0.39 is 0 Å². The van der Waals surface area contributed by atoms with E-state index in [1.165, 1.54) is 5.57 Å². The number of amides is 2. The van der Waals surface area contributed by atoms with Crippen molar-refractivity contribution in [3.05, 3.63) is 47.0 Å². The molecule has 140 valence electrons. The van der Waals surface area contributed by atoms with Gasteiger partial charge in [-0.25, -0.2) is 0 Å². The Morgan fingerprint density at radius 3 is 2.62 bits per heavy atom. The zero-order chi connectivity index (χ0) is 18.5. The third kappa shape index (κ3) is 4.00. The van der Waals surface area contributed by atoms with Crippen molar-refractivity contribution in [3.63, 3.8) is 0 Å². The average molecular weight is 354 g/mol. The molecule has 1 aromatic carbocycles. The van der Waals surface area contributed by atoms with Crippen LogP contribution in [-0.4, -0.2) is 28.8 Å². The van der Waals surface area contributed by atoms with Crippen molar-refractivity contribution in [1.29, 1.82) is 0 Å². The molecule has 0 saturated heterocycles. The van der Waals surface area contributed by atoms with Gasteiger partial charge in [-0.1, -0.05) is 50.6 Å². The van der Waals surface area contributed by atoms with E-state index in [4.69, 9.17) is 0 Å². The lowest BCUT2D eigenvalue weighted by Gasteiger charge is -2.30. The summed E-state index contributed by atoms with van der Waals surface area (Å²) in [4.78, 5) is 27.6. The average Bonchev–Trinajstić information content (AvgIpc) is 2.93. The zero-order valence-corrected chi connectivity index (χ0v) is 16.0. The van der Waals surface area contributed by atoms with E-state index in [2.05, 4.69) is 31.3 Å². The molecule has 0 aromatic heterocycles. The van der Waals surface area contributed by atoms with Crippen LogP contribution in [0, 0.1) is 0 Å². The predicted octanol–water partition coefficient (Wildman–Crippen LogP) is 3.96. The van der Waals surface area contributed by atoms with Crippen molar-refractivity contribution in [2.75, 3.05) is 0 Å². The van der Waals surface area contributed by atoms with Gasteiger partial charge in [-0.3, -0.25) is 9.59 Å². The lowest BCUT2D eigenvalue weighted by Crippen LogP contribution is -2.37. The zero-order valence-electron chi connectivity index (χ0n) is 16.0. The molecule has 1 atom stereocenters. The van der Waals surface area contributed by atoms with Gasteiger partial charge in [-0.05, 0) is 43.2 Å². The molecule has 1 fully saturated rings. The molecule has 2 aliphatic rings. The van der Waals surface area contributed by atoms with Crippen LogP contribution in [0.1, 0.15) is 64.4 Å². The fraction of sp³-hybridized carbons (Fsp3) is 0.545. The van der Waals surface area contributed by atoms with Crippen LogP contribution in [0.25, 0.3) is 0 Å². The largest absolute Gasteiger partial charge is 0.353 e. The van der Waals surface area contributed by atoms with Crippen LogP contribution in [0.15, 0.2) is 41.5 Å². The first-order valence-corrected chi connectivity index (χ1v) is 10.00. The number of benzene rings is 1. The van der Waals surface area contributed by atoms with Crippen LogP contribution in [0.5, 0.6) is 0 Å². The van der Waals surface area contributed by atoms with E-state index in [0.717, 1.165) is 49.7 Å². The van der Waals surface area contributed by atoms with Gasteiger partial charge < -0.3 is 10.2 Å². The van der Waals surface area contributed by atoms with Crippen LogP contribution in [0.4, 0.5) is 0 Å². The first-order chi connectivity index (χ1) is 12.6. The van der Waals surface area contributed by atoms with Gasteiger partial charge in [-0.15, -0.1) is 0 Å². The second kappa shape index (κ2) is 8.52. The summed E-state index contributed by atoms with van der Waals surface area (Å²) in [6, 6.07) is 10.5. The quantitative estimate of drug-likeness (QED) is 0.806. The summed E-state index contributed by atoms with van der Waals surface area (Å²) in [6.07, 6.45) is 6.32. The van der Waals surface area contributed by atoms with E-state index in [9.17, 15) is 9.59 Å². The molecule has 1 aliphatic carbocycles. The SMILES string of the molecule is CCC(CC)NC(=O)CC1=C2CCCCC2N(Cc2ccccc2)C1=O. The molecule has 1 aliphatic heterocycles. The summed E-state index contributed by atoms with van der Waals surface area (Å²) in [5.74, 6) is 0.0517. The Bertz CT molecular complexity index is 677. The molecule has 0 bridgehead atoms. The summed E-state index contributed by atoms with van der Waals surface area (Å²) in [5.41, 5.74) is 3.12. The molecular weight excluding hydrogens is 324 g/mol. The Morgan fingerprint density at radius 2 is 1.92 bits per heavy atom. The minimum Gasteiger partial charge on any atom is -0.353 e. The summed E-state index contributed by atoms with van der Waals surface area (Å²) in [5, 5.41) is 3.08. The second-order valence-corrected chi connectivity index (χ2v) is 7.44. The van der Waals surface area contributed by atoms with Gasteiger partial charge in [0.2, 0.25) is 5.91 Å². The topological polar surface area (TPSA) is 49.4 Å². The summed E-state index contributed by atoms with van der Waals surface area (Å²) in [6.45, 7) is 4.79. The fourth-order valence-electron chi connectivity index (χ4n) is 4.23. The third-order valence-electron chi connectivity index (χ3n) is 5.74. The first kappa shape index (κ1) is 18.7. The minimum atomic E-state index is -0.0135. The number of fused-ring (bicyclic) bond motifs is 1. The monoisotopic (exact) mass is 354 g/mol. The number of nitrogens with zero attached hydrogens (tertiary/aromatic N) is 1. The molecule has 1 N–H and O–H groups in total. The van der Waals surface area contributed by atoms with Gasteiger partial charge in [0, 0.05) is 18.2 Å². The van der Waals surface area contributed by atoms with E-state index in [0.29, 0.717) is 6.54 Å². The highest BCUT2D eigenvalue weighted by atomic mass is 16.2. The van der Waals surface area contributed by atoms with Crippen LogP contribution in [0.2, 0.25) is 0 Å². The third-order valence-corrected chi connectivity index (χ3v) is 5.74. The molecule has 2 amide bonds.